The van der Waals surface area contributed by atoms with Gasteiger partial charge >= 0.3 is 5.69 Å². The summed E-state index contributed by atoms with van der Waals surface area (Å²) in [7, 11) is 1.57. The predicted octanol–water partition coefficient (Wildman–Crippen LogP) is 2.17. The van der Waals surface area contributed by atoms with Crippen molar-refractivity contribution < 1.29 is 13.9 Å². The molecule has 1 aliphatic rings. The van der Waals surface area contributed by atoms with E-state index in [9.17, 15) is 18.8 Å². The number of ether oxygens (including phenoxy) is 1. The third kappa shape index (κ3) is 3.51. The molecule has 0 amide bonds. The maximum Gasteiger partial charge on any atom is 0.329 e. The van der Waals surface area contributed by atoms with E-state index in [1.807, 2.05) is 0 Å². The molecule has 4 rings (SSSR count). The van der Waals surface area contributed by atoms with Crippen LogP contribution in [0.2, 0.25) is 0 Å². The second-order valence-corrected chi connectivity index (χ2v) is 7.19. The minimum absolute atomic E-state index is 0.119. The standard InChI is InChI=1S/C21H20FN3O4/c1-29-8-2-7-25-19-18(20(27)24-21(25)28)15-9-13(10-17(26)16(15)11-23-19)12-3-5-14(22)6-4-12/h3-6,11,13H,2,7-10H2,1H3,(H,24,27,28). The van der Waals surface area contributed by atoms with Crippen LogP contribution in [0, 0.1) is 5.82 Å². The average Bonchev–Trinajstić information content (AvgIpc) is 2.70. The van der Waals surface area contributed by atoms with Crippen molar-refractivity contribution in [3.05, 3.63) is 73.8 Å². The van der Waals surface area contributed by atoms with Crippen LogP contribution in [0.5, 0.6) is 0 Å². The first kappa shape index (κ1) is 19.2. The molecule has 0 saturated heterocycles. The van der Waals surface area contributed by atoms with E-state index in [0.29, 0.717) is 37.1 Å². The van der Waals surface area contributed by atoms with Gasteiger partial charge in [0, 0.05) is 38.4 Å². The van der Waals surface area contributed by atoms with Gasteiger partial charge in [-0.3, -0.25) is 19.1 Å². The summed E-state index contributed by atoms with van der Waals surface area (Å²) in [6, 6.07) is 6.04. The third-order valence-corrected chi connectivity index (χ3v) is 5.37. The van der Waals surface area contributed by atoms with Crippen LogP contribution in [0.4, 0.5) is 4.39 Å². The lowest BCUT2D eigenvalue weighted by atomic mass is 9.79. The van der Waals surface area contributed by atoms with Crippen LogP contribution in [0.1, 0.15) is 40.2 Å². The Labute approximate surface area is 165 Å². The molecule has 8 heteroatoms. The molecule has 0 saturated carbocycles. The Morgan fingerprint density at radius 2 is 1.97 bits per heavy atom. The number of halogens is 1. The van der Waals surface area contributed by atoms with Crippen LogP contribution >= 0.6 is 0 Å². The van der Waals surface area contributed by atoms with Gasteiger partial charge in [-0.15, -0.1) is 0 Å². The van der Waals surface area contributed by atoms with Crippen LogP contribution < -0.4 is 11.2 Å². The number of carbonyl (C=O) groups is 1. The largest absolute Gasteiger partial charge is 0.385 e. The highest BCUT2D eigenvalue weighted by molar-refractivity contribution is 6.02. The van der Waals surface area contributed by atoms with Crippen LogP contribution in [0.25, 0.3) is 11.0 Å². The van der Waals surface area contributed by atoms with Crippen molar-refractivity contribution in [2.24, 2.45) is 0 Å². The average molecular weight is 397 g/mol. The molecule has 7 nitrogen and oxygen atoms in total. The number of carbonyl (C=O) groups excluding carboxylic acids is 1. The molecule has 0 bridgehead atoms. The molecule has 3 aromatic rings. The lowest BCUT2D eigenvalue weighted by Crippen LogP contribution is -2.33. The summed E-state index contributed by atoms with van der Waals surface area (Å²) in [5, 5.41) is 0.264. The van der Waals surface area contributed by atoms with Crippen LogP contribution in [-0.4, -0.2) is 34.0 Å². The number of pyridine rings is 1. The molecule has 1 atom stereocenters. The molecular formula is C21H20FN3O4. The fourth-order valence-corrected chi connectivity index (χ4v) is 3.95. The highest BCUT2D eigenvalue weighted by Gasteiger charge is 2.30. The van der Waals surface area contributed by atoms with E-state index in [-0.39, 0.29) is 35.0 Å². The number of nitrogens with zero attached hydrogens (tertiary/aromatic N) is 2. The number of Topliss-reactive ketones (excluding diaryl/α,β-unsaturated/α-hetero) is 1. The molecule has 0 spiro atoms. The van der Waals surface area contributed by atoms with Gasteiger partial charge in [-0.1, -0.05) is 12.1 Å². The Balaban J connectivity index is 1.85. The molecule has 0 aliphatic heterocycles. The van der Waals surface area contributed by atoms with Crippen molar-refractivity contribution >= 4 is 16.8 Å². The summed E-state index contributed by atoms with van der Waals surface area (Å²) < 4.78 is 19.7. The molecule has 1 N–H and O–H groups in total. The van der Waals surface area contributed by atoms with E-state index in [0.717, 1.165) is 5.56 Å². The monoisotopic (exact) mass is 397 g/mol. The molecule has 1 aliphatic carbocycles. The quantitative estimate of drug-likeness (QED) is 0.666. The molecule has 2 heterocycles. The Morgan fingerprint density at radius 3 is 2.69 bits per heavy atom. The van der Waals surface area contributed by atoms with Gasteiger partial charge in [0.2, 0.25) is 0 Å². The van der Waals surface area contributed by atoms with Gasteiger partial charge in [-0.25, -0.2) is 14.2 Å². The second kappa shape index (κ2) is 7.71. The fourth-order valence-electron chi connectivity index (χ4n) is 3.95. The Bertz CT molecular complexity index is 1200. The highest BCUT2D eigenvalue weighted by atomic mass is 19.1. The molecule has 1 aromatic carbocycles. The lowest BCUT2D eigenvalue weighted by Gasteiger charge is -2.25. The van der Waals surface area contributed by atoms with Crippen molar-refractivity contribution in [2.45, 2.75) is 31.7 Å². The number of aryl methyl sites for hydroxylation is 1. The molecule has 29 heavy (non-hydrogen) atoms. The second-order valence-electron chi connectivity index (χ2n) is 7.19. The number of hydrogen-bond donors (Lipinski definition) is 1. The van der Waals surface area contributed by atoms with Gasteiger partial charge in [0.25, 0.3) is 5.56 Å². The SMILES string of the molecule is COCCCn1c(=O)[nH]c(=O)c2c3c(cnc21)C(=O)CC(c1ccc(F)cc1)C3. The summed E-state index contributed by atoms with van der Waals surface area (Å²) in [5.41, 5.74) is 1.00. The number of methoxy groups -OCH3 is 1. The lowest BCUT2D eigenvalue weighted by molar-refractivity contribution is 0.0964. The van der Waals surface area contributed by atoms with E-state index in [4.69, 9.17) is 4.74 Å². The molecule has 1 unspecified atom stereocenters. The molecule has 0 radical (unpaired) electrons. The molecule has 150 valence electrons. The maximum absolute atomic E-state index is 13.3. The summed E-state index contributed by atoms with van der Waals surface area (Å²) in [4.78, 5) is 44.4. The molecule has 0 fully saturated rings. The van der Waals surface area contributed by atoms with Crippen molar-refractivity contribution in [3.63, 3.8) is 0 Å². The number of hydrogen-bond acceptors (Lipinski definition) is 5. The number of fused-ring (bicyclic) bond motifs is 3. The summed E-state index contributed by atoms with van der Waals surface area (Å²) in [5.74, 6) is -0.636. The smallest absolute Gasteiger partial charge is 0.329 e. The zero-order valence-electron chi connectivity index (χ0n) is 15.9. The summed E-state index contributed by atoms with van der Waals surface area (Å²) >= 11 is 0. The number of aromatic nitrogens is 3. The normalized spacial score (nSPS) is 16.2. The van der Waals surface area contributed by atoms with Gasteiger partial charge < -0.3 is 4.74 Å². The van der Waals surface area contributed by atoms with Crippen molar-refractivity contribution in [3.8, 4) is 0 Å². The number of rotatable bonds is 5. The highest BCUT2D eigenvalue weighted by Crippen LogP contribution is 2.34. The number of aromatic amines is 1. The Hall–Kier alpha value is -3.13. The third-order valence-electron chi connectivity index (χ3n) is 5.37. The first-order valence-electron chi connectivity index (χ1n) is 9.42. The van der Waals surface area contributed by atoms with Crippen molar-refractivity contribution in [1.29, 1.82) is 0 Å². The van der Waals surface area contributed by atoms with Crippen LogP contribution in [0.3, 0.4) is 0 Å². The van der Waals surface area contributed by atoms with E-state index in [2.05, 4.69) is 9.97 Å². The number of H-pyrrole nitrogens is 1. The van der Waals surface area contributed by atoms with Gasteiger partial charge in [-0.05, 0) is 42.0 Å². The van der Waals surface area contributed by atoms with E-state index in [1.54, 1.807) is 19.2 Å². The van der Waals surface area contributed by atoms with Gasteiger partial charge in [0.05, 0.1) is 5.39 Å². The van der Waals surface area contributed by atoms with E-state index < -0.39 is 11.2 Å². The number of ketones is 1. The van der Waals surface area contributed by atoms with E-state index >= 15 is 0 Å². The van der Waals surface area contributed by atoms with Crippen LogP contribution in [0.15, 0.2) is 40.1 Å². The van der Waals surface area contributed by atoms with Crippen LogP contribution in [-0.2, 0) is 17.7 Å². The van der Waals surface area contributed by atoms with Gasteiger partial charge in [0.1, 0.15) is 11.5 Å². The topological polar surface area (TPSA) is 94.1 Å². The van der Waals surface area contributed by atoms with Gasteiger partial charge in [-0.2, -0.15) is 0 Å². The first-order valence-corrected chi connectivity index (χ1v) is 9.42. The zero-order valence-corrected chi connectivity index (χ0v) is 15.9. The van der Waals surface area contributed by atoms with Crippen molar-refractivity contribution in [2.75, 3.05) is 13.7 Å². The summed E-state index contributed by atoms with van der Waals surface area (Å²) in [6.45, 7) is 0.796. The Kier molecular flexibility index (Phi) is 5.10. The first-order chi connectivity index (χ1) is 14.0. The summed E-state index contributed by atoms with van der Waals surface area (Å²) in [6.07, 6.45) is 2.72. The number of nitrogens with one attached hydrogen (secondary N) is 1. The fraction of sp³-hybridized carbons (Fsp3) is 0.333. The minimum atomic E-state index is -0.551. The maximum atomic E-state index is 13.3. The van der Waals surface area contributed by atoms with E-state index in [1.165, 1.54) is 22.9 Å². The van der Waals surface area contributed by atoms with Gasteiger partial charge in [0.15, 0.2) is 5.78 Å². The Morgan fingerprint density at radius 1 is 1.21 bits per heavy atom. The number of benzene rings is 1. The minimum Gasteiger partial charge on any atom is -0.385 e. The molecule has 2 aromatic heterocycles. The zero-order chi connectivity index (χ0) is 20.5. The van der Waals surface area contributed by atoms with Crippen molar-refractivity contribution in [1.82, 2.24) is 14.5 Å². The predicted molar refractivity (Wildman–Crippen MR) is 105 cm³/mol. The molecular weight excluding hydrogens is 377 g/mol.